The second-order valence-corrected chi connectivity index (χ2v) is 3.16. The van der Waals surface area contributed by atoms with Gasteiger partial charge in [0, 0.05) is 0 Å². The Labute approximate surface area is 86.5 Å². The summed E-state index contributed by atoms with van der Waals surface area (Å²) in [6, 6.07) is 8.49. The van der Waals surface area contributed by atoms with Crippen LogP contribution in [0.4, 0.5) is 4.79 Å². The van der Waals surface area contributed by atoms with Crippen molar-refractivity contribution >= 4 is 6.16 Å². The van der Waals surface area contributed by atoms with Gasteiger partial charge in [-0.3, -0.25) is 0 Å². The zero-order valence-corrected chi connectivity index (χ0v) is 8.12. The van der Waals surface area contributed by atoms with Gasteiger partial charge in [-0.1, -0.05) is 30.3 Å². The topological polar surface area (TPSA) is 87.0 Å². The molecule has 0 aliphatic carbocycles. The Morgan fingerprint density at radius 2 is 1.87 bits per heavy atom. The molecule has 5 nitrogen and oxygen atoms in total. The third kappa shape index (κ3) is 2.93. The maximum absolute atomic E-state index is 10.2. The van der Waals surface area contributed by atoms with E-state index >= 15 is 0 Å². The van der Waals surface area contributed by atoms with Crippen molar-refractivity contribution in [2.75, 3.05) is 0 Å². The van der Waals surface area contributed by atoms with Crippen LogP contribution in [-0.4, -0.2) is 27.4 Å². The predicted molar refractivity (Wildman–Crippen MR) is 51.1 cm³/mol. The number of carboxylic acid groups (broad SMARTS) is 1. The number of benzene rings is 1. The van der Waals surface area contributed by atoms with E-state index in [1.54, 1.807) is 30.3 Å². The van der Waals surface area contributed by atoms with E-state index in [2.05, 4.69) is 4.74 Å². The van der Waals surface area contributed by atoms with Crippen molar-refractivity contribution in [2.45, 2.75) is 18.8 Å². The lowest BCUT2D eigenvalue weighted by Gasteiger charge is -2.26. The highest BCUT2D eigenvalue weighted by atomic mass is 16.8. The highest BCUT2D eigenvalue weighted by Crippen LogP contribution is 2.26. The summed E-state index contributed by atoms with van der Waals surface area (Å²) in [5, 5.41) is 27.0. The molecule has 1 atom stereocenters. The normalized spacial score (nSPS) is 13.3. The van der Waals surface area contributed by atoms with Gasteiger partial charge in [-0.05, 0) is 12.5 Å². The number of aliphatic hydroxyl groups is 2. The van der Waals surface area contributed by atoms with E-state index < -0.39 is 18.0 Å². The van der Waals surface area contributed by atoms with Crippen molar-refractivity contribution in [1.82, 2.24) is 0 Å². The molecule has 0 saturated heterocycles. The maximum atomic E-state index is 10.2. The molecule has 82 valence electrons. The van der Waals surface area contributed by atoms with Crippen molar-refractivity contribution in [3.8, 4) is 0 Å². The molecular formula is C10H12O5. The summed E-state index contributed by atoms with van der Waals surface area (Å²) in [5.41, 5.74) is 0.573. The zero-order chi connectivity index (χ0) is 11.5. The van der Waals surface area contributed by atoms with Crippen molar-refractivity contribution in [3.63, 3.8) is 0 Å². The molecule has 0 heterocycles. The first-order valence-corrected chi connectivity index (χ1v) is 4.35. The van der Waals surface area contributed by atoms with Gasteiger partial charge in [0.2, 0.25) is 0 Å². The lowest BCUT2D eigenvalue weighted by atomic mass is 9.99. The summed E-state index contributed by atoms with van der Waals surface area (Å²) in [7, 11) is 0. The molecule has 0 aliphatic heterocycles. The van der Waals surface area contributed by atoms with E-state index in [9.17, 15) is 15.0 Å². The summed E-state index contributed by atoms with van der Waals surface area (Å²) in [6.07, 6.45) is -1.73. The van der Waals surface area contributed by atoms with Crippen LogP contribution in [0.15, 0.2) is 30.3 Å². The van der Waals surface area contributed by atoms with Gasteiger partial charge in [-0.15, -0.1) is 0 Å². The molecule has 0 spiro atoms. The van der Waals surface area contributed by atoms with Crippen LogP contribution < -0.4 is 0 Å². The van der Waals surface area contributed by atoms with E-state index in [4.69, 9.17) is 5.11 Å². The molecule has 0 radical (unpaired) electrons. The minimum absolute atomic E-state index is 0.573. The van der Waals surface area contributed by atoms with E-state index in [1.165, 1.54) is 6.92 Å². The molecule has 1 unspecified atom stereocenters. The first-order valence-electron chi connectivity index (χ1n) is 4.35. The van der Waals surface area contributed by atoms with Gasteiger partial charge in [0.25, 0.3) is 0 Å². The van der Waals surface area contributed by atoms with E-state index in [0.717, 1.165) is 0 Å². The smallest absolute Gasteiger partial charge is 0.450 e. The molecule has 0 saturated carbocycles. The van der Waals surface area contributed by atoms with Crippen LogP contribution >= 0.6 is 0 Å². The first kappa shape index (κ1) is 11.5. The van der Waals surface area contributed by atoms with Gasteiger partial charge < -0.3 is 20.1 Å². The SMILES string of the molecule is CC(c1ccccc1)C(O)(O)OC(=O)O. The van der Waals surface area contributed by atoms with Crippen LogP contribution in [0.1, 0.15) is 18.4 Å². The molecule has 1 rings (SSSR count). The van der Waals surface area contributed by atoms with Gasteiger partial charge in [0.05, 0.1) is 5.92 Å². The molecule has 1 aromatic carbocycles. The molecule has 0 aliphatic rings. The molecule has 5 heteroatoms. The van der Waals surface area contributed by atoms with Gasteiger partial charge >= 0.3 is 12.1 Å². The highest BCUT2D eigenvalue weighted by molar-refractivity contribution is 5.57. The standard InChI is InChI=1S/C10H12O5/c1-7(8-5-3-2-4-6-8)10(13,14)15-9(11)12/h2-7,13-14H,1H3,(H,11,12). The van der Waals surface area contributed by atoms with Crippen LogP contribution in [-0.2, 0) is 4.74 Å². The Balaban J connectivity index is 2.84. The van der Waals surface area contributed by atoms with Gasteiger partial charge in [0.1, 0.15) is 0 Å². The van der Waals surface area contributed by atoms with Gasteiger partial charge in [-0.2, -0.15) is 0 Å². The molecule has 0 amide bonds. The summed E-state index contributed by atoms with van der Waals surface area (Å²) in [4.78, 5) is 10.2. The monoisotopic (exact) mass is 212 g/mol. The lowest BCUT2D eigenvalue weighted by molar-refractivity contribution is -0.323. The van der Waals surface area contributed by atoms with Gasteiger partial charge in [-0.25, -0.2) is 4.79 Å². The largest absolute Gasteiger partial charge is 0.510 e. The summed E-state index contributed by atoms with van der Waals surface area (Å²) >= 11 is 0. The second-order valence-electron chi connectivity index (χ2n) is 3.16. The van der Waals surface area contributed by atoms with Crippen LogP contribution in [0.25, 0.3) is 0 Å². The molecule has 0 aromatic heterocycles. The Hall–Kier alpha value is -1.59. The molecule has 0 fully saturated rings. The minimum Gasteiger partial charge on any atom is -0.450 e. The Kier molecular flexibility index (Phi) is 3.28. The summed E-state index contributed by atoms with van der Waals surface area (Å²) < 4.78 is 3.98. The average molecular weight is 212 g/mol. The quantitative estimate of drug-likeness (QED) is 0.516. The van der Waals surface area contributed by atoms with E-state index in [0.29, 0.717) is 5.56 Å². The zero-order valence-electron chi connectivity index (χ0n) is 8.12. The third-order valence-electron chi connectivity index (χ3n) is 2.10. The van der Waals surface area contributed by atoms with Crippen molar-refractivity contribution in [3.05, 3.63) is 35.9 Å². The lowest BCUT2D eigenvalue weighted by Crippen LogP contribution is -2.39. The fraction of sp³-hybridized carbons (Fsp3) is 0.300. The van der Waals surface area contributed by atoms with Crippen LogP contribution in [0.3, 0.4) is 0 Å². The van der Waals surface area contributed by atoms with Crippen molar-refractivity contribution in [2.24, 2.45) is 0 Å². The number of carbonyl (C=O) groups is 1. The van der Waals surface area contributed by atoms with E-state index in [-0.39, 0.29) is 0 Å². The van der Waals surface area contributed by atoms with Crippen molar-refractivity contribution < 1.29 is 24.9 Å². The Morgan fingerprint density at radius 1 is 1.33 bits per heavy atom. The number of hydrogen-bond donors (Lipinski definition) is 3. The molecule has 15 heavy (non-hydrogen) atoms. The minimum atomic E-state index is -2.72. The fourth-order valence-corrected chi connectivity index (χ4v) is 1.18. The molecule has 1 aromatic rings. The average Bonchev–Trinajstić information content (AvgIpc) is 2.16. The summed E-state index contributed by atoms with van der Waals surface area (Å²) in [5.74, 6) is -3.58. The van der Waals surface area contributed by atoms with Crippen LogP contribution in [0.2, 0.25) is 0 Å². The number of ether oxygens (including phenoxy) is 1. The first-order chi connectivity index (χ1) is 6.93. The van der Waals surface area contributed by atoms with Gasteiger partial charge in [0.15, 0.2) is 0 Å². The summed E-state index contributed by atoms with van der Waals surface area (Å²) in [6.45, 7) is 1.46. The highest BCUT2D eigenvalue weighted by Gasteiger charge is 2.36. The maximum Gasteiger partial charge on any atom is 0.510 e. The Bertz CT molecular complexity index is 333. The third-order valence-corrected chi connectivity index (χ3v) is 2.10. The number of hydrogen-bond acceptors (Lipinski definition) is 4. The van der Waals surface area contributed by atoms with Crippen LogP contribution in [0, 0.1) is 0 Å². The van der Waals surface area contributed by atoms with Crippen LogP contribution in [0.5, 0.6) is 0 Å². The number of rotatable bonds is 3. The van der Waals surface area contributed by atoms with E-state index in [1.807, 2.05) is 0 Å². The molecule has 0 bridgehead atoms. The molecule has 3 N–H and O–H groups in total. The fourth-order valence-electron chi connectivity index (χ4n) is 1.18. The van der Waals surface area contributed by atoms with Crippen molar-refractivity contribution in [1.29, 1.82) is 0 Å². The second kappa shape index (κ2) is 4.29. The molecular weight excluding hydrogens is 200 g/mol. The predicted octanol–water partition coefficient (Wildman–Crippen LogP) is 1.12. The Morgan fingerprint density at radius 3 is 2.33 bits per heavy atom.